The van der Waals surface area contributed by atoms with Crippen molar-refractivity contribution in [3.8, 4) is 0 Å². The molecule has 2 amide bonds. The van der Waals surface area contributed by atoms with E-state index in [1.165, 1.54) is 11.3 Å². The number of carbonyl (C=O) groups excluding carboxylic acids is 2. The summed E-state index contributed by atoms with van der Waals surface area (Å²) in [5.41, 5.74) is 6.68. The molecule has 2 heterocycles. The van der Waals surface area contributed by atoms with Crippen LogP contribution >= 0.6 is 11.3 Å². The van der Waals surface area contributed by atoms with E-state index >= 15 is 0 Å². The van der Waals surface area contributed by atoms with E-state index in [4.69, 9.17) is 5.73 Å². The van der Waals surface area contributed by atoms with Crippen molar-refractivity contribution < 1.29 is 9.59 Å². The smallest absolute Gasteiger partial charge is 0.254 e. The molecule has 2 N–H and O–H groups in total. The van der Waals surface area contributed by atoms with Crippen LogP contribution in [-0.4, -0.2) is 53.8 Å². The van der Waals surface area contributed by atoms with E-state index in [9.17, 15) is 9.59 Å². The van der Waals surface area contributed by atoms with Gasteiger partial charge in [-0.2, -0.15) is 11.3 Å². The molecule has 1 aliphatic heterocycles. The van der Waals surface area contributed by atoms with Crippen molar-refractivity contribution in [2.45, 2.75) is 26.3 Å². The SMILES string of the molecule is CC(C)C[C@H](N)C(=O)N1CCN(C(=O)c2ccsc2)CC1. The molecular formula is C15H23N3O2S. The van der Waals surface area contributed by atoms with Gasteiger partial charge in [-0.3, -0.25) is 9.59 Å². The van der Waals surface area contributed by atoms with Crippen LogP contribution in [0.5, 0.6) is 0 Å². The van der Waals surface area contributed by atoms with Crippen LogP contribution in [0.4, 0.5) is 0 Å². The Hall–Kier alpha value is -1.40. The van der Waals surface area contributed by atoms with Crippen LogP contribution in [0.3, 0.4) is 0 Å². The molecule has 0 unspecified atom stereocenters. The van der Waals surface area contributed by atoms with E-state index in [0.29, 0.717) is 38.5 Å². The van der Waals surface area contributed by atoms with Crippen molar-refractivity contribution in [1.82, 2.24) is 9.80 Å². The molecule has 1 aliphatic rings. The van der Waals surface area contributed by atoms with Crippen LogP contribution in [0.25, 0.3) is 0 Å². The third-order valence-corrected chi connectivity index (χ3v) is 4.37. The van der Waals surface area contributed by atoms with Gasteiger partial charge in [-0.15, -0.1) is 0 Å². The van der Waals surface area contributed by atoms with Crippen molar-refractivity contribution in [2.24, 2.45) is 11.7 Å². The van der Waals surface area contributed by atoms with Crippen molar-refractivity contribution in [3.63, 3.8) is 0 Å². The van der Waals surface area contributed by atoms with Gasteiger partial charge in [0.25, 0.3) is 5.91 Å². The van der Waals surface area contributed by atoms with Gasteiger partial charge in [0.15, 0.2) is 0 Å². The average Bonchev–Trinajstić information content (AvgIpc) is 2.99. The first-order chi connectivity index (χ1) is 9.99. The van der Waals surface area contributed by atoms with Crippen LogP contribution < -0.4 is 5.73 Å². The highest BCUT2D eigenvalue weighted by Gasteiger charge is 2.27. The van der Waals surface area contributed by atoms with Crippen LogP contribution in [0.2, 0.25) is 0 Å². The zero-order chi connectivity index (χ0) is 15.4. The topological polar surface area (TPSA) is 66.6 Å². The molecule has 0 aliphatic carbocycles. The molecule has 0 aromatic carbocycles. The summed E-state index contributed by atoms with van der Waals surface area (Å²) in [4.78, 5) is 28.0. The highest BCUT2D eigenvalue weighted by atomic mass is 32.1. The molecule has 1 aromatic heterocycles. The maximum Gasteiger partial charge on any atom is 0.254 e. The first-order valence-corrected chi connectivity index (χ1v) is 8.29. The van der Waals surface area contributed by atoms with Crippen molar-refractivity contribution >= 4 is 23.2 Å². The molecule has 0 spiro atoms. The lowest BCUT2D eigenvalue weighted by atomic mass is 10.0. The number of nitrogens with zero attached hydrogens (tertiary/aromatic N) is 2. The lowest BCUT2D eigenvalue weighted by Crippen LogP contribution is -2.54. The van der Waals surface area contributed by atoms with Crippen molar-refractivity contribution in [3.05, 3.63) is 22.4 Å². The van der Waals surface area contributed by atoms with E-state index in [2.05, 4.69) is 13.8 Å². The normalized spacial score (nSPS) is 17.1. The second kappa shape index (κ2) is 7.04. The fourth-order valence-electron chi connectivity index (χ4n) is 2.54. The first-order valence-electron chi connectivity index (χ1n) is 7.35. The van der Waals surface area contributed by atoms with Gasteiger partial charge in [0.2, 0.25) is 5.91 Å². The zero-order valence-corrected chi connectivity index (χ0v) is 13.4. The number of rotatable bonds is 4. The maximum absolute atomic E-state index is 12.2. The molecule has 1 fully saturated rings. The third-order valence-electron chi connectivity index (χ3n) is 3.69. The minimum Gasteiger partial charge on any atom is -0.338 e. The van der Waals surface area contributed by atoms with Gasteiger partial charge in [-0.05, 0) is 23.8 Å². The maximum atomic E-state index is 12.2. The molecule has 1 saturated heterocycles. The van der Waals surface area contributed by atoms with E-state index in [1.54, 1.807) is 9.80 Å². The zero-order valence-electron chi connectivity index (χ0n) is 12.6. The number of nitrogens with two attached hydrogens (primary N) is 1. The molecule has 6 heteroatoms. The number of amides is 2. The van der Waals surface area contributed by atoms with Gasteiger partial charge in [0.1, 0.15) is 0 Å². The second-order valence-electron chi connectivity index (χ2n) is 5.87. The van der Waals surface area contributed by atoms with E-state index in [-0.39, 0.29) is 11.8 Å². The molecule has 0 saturated carbocycles. The molecule has 5 nitrogen and oxygen atoms in total. The Morgan fingerprint density at radius 1 is 1.24 bits per heavy atom. The average molecular weight is 309 g/mol. The number of hydrogen-bond donors (Lipinski definition) is 1. The summed E-state index contributed by atoms with van der Waals surface area (Å²) >= 11 is 1.52. The van der Waals surface area contributed by atoms with Crippen molar-refractivity contribution in [2.75, 3.05) is 26.2 Å². The molecule has 1 atom stereocenters. The van der Waals surface area contributed by atoms with Crippen LogP contribution in [-0.2, 0) is 4.79 Å². The van der Waals surface area contributed by atoms with E-state index in [1.807, 2.05) is 16.8 Å². The highest BCUT2D eigenvalue weighted by molar-refractivity contribution is 7.08. The van der Waals surface area contributed by atoms with Gasteiger partial charge in [-0.25, -0.2) is 0 Å². The predicted molar refractivity (Wildman–Crippen MR) is 84.2 cm³/mol. The summed E-state index contributed by atoms with van der Waals surface area (Å²) in [6.45, 7) is 6.42. The first kappa shape index (κ1) is 16.0. The molecule has 0 bridgehead atoms. The lowest BCUT2D eigenvalue weighted by molar-refractivity contribution is -0.134. The monoisotopic (exact) mass is 309 g/mol. The van der Waals surface area contributed by atoms with Crippen LogP contribution in [0.15, 0.2) is 16.8 Å². The molecule has 2 rings (SSSR count). The second-order valence-corrected chi connectivity index (χ2v) is 6.65. The van der Waals surface area contributed by atoms with Gasteiger partial charge >= 0.3 is 0 Å². The van der Waals surface area contributed by atoms with Gasteiger partial charge in [0.05, 0.1) is 11.6 Å². The van der Waals surface area contributed by atoms with E-state index < -0.39 is 6.04 Å². The highest BCUT2D eigenvalue weighted by Crippen LogP contribution is 2.13. The fourth-order valence-corrected chi connectivity index (χ4v) is 3.17. The Morgan fingerprint density at radius 2 is 1.86 bits per heavy atom. The van der Waals surface area contributed by atoms with E-state index in [0.717, 1.165) is 5.56 Å². The Bertz CT molecular complexity index is 479. The number of thiophene rings is 1. The summed E-state index contributed by atoms with van der Waals surface area (Å²) < 4.78 is 0. The lowest BCUT2D eigenvalue weighted by Gasteiger charge is -2.36. The third kappa shape index (κ3) is 4.04. The van der Waals surface area contributed by atoms with Crippen molar-refractivity contribution in [1.29, 1.82) is 0 Å². The van der Waals surface area contributed by atoms with Gasteiger partial charge in [0, 0.05) is 31.6 Å². The Morgan fingerprint density at radius 3 is 2.38 bits per heavy atom. The molecule has 1 aromatic rings. The summed E-state index contributed by atoms with van der Waals surface area (Å²) in [6.07, 6.45) is 0.701. The van der Waals surface area contributed by atoms with Gasteiger partial charge < -0.3 is 15.5 Å². The summed E-state index contributed by atoms with van der Waals surface area (Å²) in [5, 5.41) is 3.76. The molecule has 116 valence electrons. The fraction of sp³-hybridized carbons (Fsp3) is 0.600. The number of hydrogen-bond acceptors (Lipinski definition) is 4. The molecule has 21 heavy (non-hydrogen) atoms. The van der Waals surface area contributed by atoms with Crippen LogP contribution in [0.1, 0.15) is 30.6 Å². The standard InChI is InChI=1S/C15H23N3O2S/c1-11(2)9-13(16)15(20)18-6-4-17(5-7-18)14(19)12-3-8-21-10-12/h3,8,10-11,13H,4-7,9,16H2,1-2H3/t13-/m0/s1. The summed E-state index contributed by atoms with van der Waals surface area (Å²) in [6, 6.07) is 1.41. The van der Waals surface area contributed by atoms with Crippen LogP contribution in [0, 0.1) is 5.92 Å². The Kier molecular flexibility index (Phi) is 5.36. The summed E-state index contributed by atoms with van der Waals surface area (Å²) in [7, 11) is 0. The summed E-state index contributed by atoms with van der Waals surface area (Å²) in [5.74, 6) is 0.464. The predicted octanol–water partition coefficient (Wildman–Crippen LogP) is 1.41. The minimum absolute atomic E-state index is 0.00586. The molecular weight excluding hydrogens is 286 g/mol. The minimum atomic E-state index is -0.427. The Labute approximate surface area is 129 Å². The number of piperazine rings is 1. The quantitative estimate of drug-likeness (QED) is 0.914. The Balaban J connectivity index is 1.85. The largest absolute Gasteiger partial charge is 0.338 e. The number of carbonyl (C=O) groups is 2. The van der Waals surface area contributed by atoms with Gasteiger partial charge in [-0.1, -0.05) is 13.8 Å². The molecule has 0 radical (unpaired) electrons.